The first-order valence-electron chi connectivity index (χ1n) is 7.51. The maximum atomic E-state index is 13.2. The standard InChI is InChI=1S/C18H17FN2O2S2/c1-22-15-6-3-13(17(11-15)23-2)12-21(18-20-9-10-24-18)25-16-7-4-14(19)5-8-16/h3-11H,12H2,1-2H3. The Morgan fingerprint density at radius 2 is 1.92 bits per heavy atom. The first-order chi connectivity index (χ1) is 12.2. The Hall–Kier alpha value is -2.25. The van der Waals surface area contributed by atoms with Crippen molar-refractivity contribution < 1.29 is 13.9 Å². The molecule has 0 aliphatic carbocycles. The van der Waals surface area contributed by atoms with Gasteiger partial charge in [0.15, 0.2) is 5.13 Å². The van der Waals surface area contributed by atoms with Gasteiger partial charge in [-0.25, -0.2) is 9.37 Å². The third-order valence-corrected chi connectivity index (χ3v) is 5.39. The van der Waals surface area contributed by atoms with Crippen molar-refractivity contribution in [3.63, 3.8) is 0 Å². The van der Waals surface area contributed by atoms with E-state index in [2.05, 4.69) is 9.29 Å². The predicted octanol–water partition coefficient (Wildman–Crippen LogP) is 5.01. The van der Waals surface area contributed by atoms with Crippen LogP contribution in [0, 0.1) is 5.82 Å². The van der Waals surface area contributed by atoms with Crippen molar-refractivity contribution >= 4 is 28.4 Å². The van der Waals surface area contributed by atoms with Gasteiger partial charge in [0.25, 0.3) is 0 Å². The number of nitrogens with zero attached hydrogens (tertiary/aromatic N) is 2. The van der Waals surface area contributed by atoms with E-state index in [4.69, 9.17) is 9.47 Å². The topological polar surface area (TPSA) is 34.6 Å². The molecule has 3 rings (SSSR count). The molecule has 130 valence electrons. The Labute approximate surface area is 154 Å². The van der Waals surface area contributed by atoms with E-state index < -0.39 is 0 Å². The summed E-state index contributed by atoms with van der Waals surface area (Å²) < 4.78 is 26.0. The second-order valence-electron chi connectivity index (χ2n) is 5.07. The van der Waals surface area contributed by atoms with Crippen LogP contribution in [0.2, 0.25) is 0 Å². The van der Waals surface area contributed by atoms with E-state index in [-0.39, 0.29) is 5.82 Å². The quantitative estimate of drug-likeness (QED) is 0.541. The second-order valence-corrected chi connectivity index (χ2v) is 7.04. The summed E-state index contributed by atoms with van der Waals surface area (Å²) >= 11 is 3.06. The minimum Gasteiger partial charge on any atom is -0.497 e. The first kappa shape index (κ1) is 17.6. The van der Waals surface area contributed by atoms with Gasteiger partial charge in [-0.15, -0.1) is 11.3 Å². The molecule has 0 saturated heterocycles. The van der Waals surface area contributed by atoms with Crippen molar-refractivity contribution in [2.75, 3.05) is 18.5 Å². The van der Waals surface area contributed by atoms with E-state index in [9.17, 15) is 4.39 Å². The molecule has 0 aliphatic heterocycles. The molecule has 1 heterocycles. The summed E-state index contributed by atoms with van der Waals surface area (Å²) in [7, 11) is 3.26. The van der Waals surface area contributed by atoms with Crippen LogP contribution in [-0.4, -0.2) is 19.2 Å². The minimum absolute atomic E-state index is 0.248. The van der Waals surface area contributed by atoms with Gasteiger partial charge in [-0.2, -0.15) is 0 Å². The number of anilines is 1. The summed E-state index contributed by atoms with van der Waals surface area (Å²) in [6.07, 6.45) is 1.77. The van der Waals surface area contributed by atoms with E-state index in [1.807, 2.05) is 23.6 Å². The van der Waals surface area contributed by atoms with Crippen LogP contribution in [0.1, 0.15) is 5.56 Å². The van der Waals surface area contributed by atoms with Gasteiger partial charge in [-0.1, -0.05) is 0 Å². The molecule has 0 radical (unpaired) electrons. The number of rotatable bonds is 7. The average molecular weight is 376 g/mol. The summed E-state index contributed by atoms with van der Waals surface area (Å²) in [5.41, 5.74) is 1.01. The number of hydrogen-bond acceptors (Lipinski definition) is 6. The monoisotopic (exact) mass is 376 g/mol. The summed E-state index contributed by atoms with van der Waals surface area (Å²) in [4.78, 5) is 5.33. The third-order valence-electron chi connectivity index (χ3n) is 3.47. The molecule has 0 amide bonds. The SMILES string of the molecule is COc1ccc(CN(Sc2ccc(F)cc2)c2nccs2)c(OC)c1. The van der Waals surface area contributed by atoms with Gasteiger partial charge in [0, 0.05) is 28.1 Å². The highest BCUT2D eigenvalue weighted by molar-refractivity contribution is 8.00. The third kappa shape index (κ3) is 4.43. The van der Waals surface area contributed by atoms with Crippen LogP contribution in [0.15, 0.2) is 58.9 Å². The summed E-state index contributed by atoms with van der Waals surface area (Å²) in [6.45, 7) is 0.586. The average Bonchev–Trinajstić information content (AvgIpc) is 3.18. The summed E-state index contributed by atoms with van der Waals surface area (Å²) in [5, 5.41) is 2.80. The van der Waals surface area contributed by atoms with Gasteiger partial charge in [0.2, 0.25) is 0 Å². The maximum absolute atomic E-state index is 13.2. The lowest BCUT2D eigenvalue weighted by atomic mass is 10.2. The van der Waals surface area contributed by atoms with E-state index >= 15 is 0 Å². The van der Waals surface area contributed by atoms with E-state index in [0.717, 1.165) is 27.1 Å². The fraction of sp³-hybridized carbons (Fsp3) is 0.167. The van der Waals surface area contributed by atoms with Crippen LogP contribution in [0.4, 0.5) is 9.52 Å². The highest BCUT2D eigenvalue weighted by Crippen LogP contribution is 2.34. The molecule has 2 aromatic carbocycles. The summed E-state index contributed by atoms with van der Waals surface area (Å²) in [6, 6.07) is 12.2. The Morgan fingerprint density at radius 1 is 1.12 bits per heavy atom. The molecule has 1 aromatic heterocycles. The van der Waals surface area contributed by atoms with Crippen LogP contribution in [0.5, 0.6) is 11.5 Å². The number of halogens is 1. The van der Waals surface area contributed by atoms with Crippen LogP contribution in [0.25, 0.3) is 0 Å². The molecule has 0 atom stereocenters. The molecule has 0 N–H and O–H groups in total. The van der Waals surface area contributed by atoms with Gasteiger partial charge in [-0.05, 0) is 48.3 Å². The van der Waals surface area contributed by atoms with Gasteiger partial charge >= 0.3 is 0 Å². The van der Waals surface area contributed by atoms with Gasteiger partial charge < -0.3 is 9.47 Å². The summed E-state index contributed by atoms with van der Waals surface area (Å²) in [5.74, 6) is 1.25. The first-order valence-corrected chi connectivity index (χ1v) is 9.16. The van der Waals surface area contributed by atoms with Crippen molar-refractivity contribution in [1.82, 2.24) is 4.98 Å². The Bertz CT molecular complexity index is 810. The van der Waals surface area contributed by atoms with Crippen molar-refractivity contribution in [2.24, 2.45) is 0 Å². The fourth-order valence-electron chi connectivity index (χ4n) is 2.24. The Balaban J connectivity index is 1.87. The number of methoxy groups -OCH3 is 2. The maximum Gasteiger partial charge on any atom is 0.195 e. The van der Waals surface area contributed by atoms with Crippen molar-refractivity contribution in [3.05, 3.63) is 65.4 Å². The fourth-order valence-corrected chi connectivity index (χ4v) is 3.87. The van der Waals surface area contributed by atoms with Crippen LogP contribution in [-0.2, 0) is 6.54 Å². The van der Waals surface area contributed by atoms with Crippen molar-refractivity contribution in [1.29, 1.82) is 0 Å². The normalized spacial score (nSPS) is 10.5. The smallest absolute Gasteiger partial charge is 0.195 e. The lowest BCUT2D eigenvalue weighted by molar-refractivity contribution is 0.391. The molecule has 7 heteroatoms. The zero-order chi connectivity index (χ0) is 17.6. The lowest BCUT2D eigenvalue weighted by Gasteiger charge is -2.22. The minimum atomic E-state index is -0.248. The molecule has 25 heavy (non-hydrogen) atoms. The van der Waals surface area contributed by atoms with Crippen LogP contribution in [0.3, 0.4) is 0 Å². The molecule has 0 saturated carbocycles. The van der Waals surface area contributed by atoms with Crippen LogP contribution < -0.4 is 13.8 Å². The lowest BCUT2D eigenvalue weighted by Crippen LogP contribution is -2.14. The molecule has 0 fully saturated rings. The zero-order valence-corrected chi connectivity index (χ0v) is 15.4. The largest absolute Gasteiger partial charge is 0.497 e. The molecule has 4 nitrogen and oxygen atoms in total. The van der Waals surface area contributed by atoms with Crippen molar-refractivity contribution in [3.8, 4) is 11.5 Å². The molecule has 0 aliphatic rings. The molecule has 0 bridgehead atoms. The predicted molar refractivity (Wildman–Crippen MR) is 100 cm³/mol. The highest BCUT2D eigenvalue weighted by Gasteiger charge is 2.15. The van der Waals surface area contributed by atoms with E-state index in [1.165, 1.54) is 24.1 Å². The molecule has 0 spiro atoms. The van der Waals surface area contributed by atoms with E-state index in [1.54, 1.807) is 43.9 Å². The Morgan fingerprint density at radius 3 is 2.56 bits per heavy atom. The highest BCUT2D eigenvalue weighted by atomic mass is 32.2. The molecular weight excluding hydrogens is 359 g/mol. The van der Waals surface area contributed by atoms with Gasteiger partial charge in [-0.3, -0.25) is 4.31 Å². The molecule has 3 aromatic rings. The van der Waals surface area contributed by atoms with Gasteiger partial charge in [0.1, 0.15) is 17.3 Å². The van der Waals surface area contributed by atoms with Crippen molar-refractivity contribution in [2.45, 2.75) is 11.4 Å². The van der Waals surface area contributed by atoms with E-state index in [0.29, 0.717) is 6.54 Å². The number of benzene rings is 2. The number of ether oxygens (including phenoxy) is 2. The Kier molecular flexibility index (Phi) is 5.78. The number of aromatic nitrogens is 1. The number of thiazole rings is 1. The second kappa shape index (κ2) is 8.22. The molecule has 0 unspecified atom stereocenters. The number of hydrogen-bond donors (Lipinski definition) is 0. The van der Waals surface area contributed by atoms with Crippen LogP contribution >= 0.6 is 23.3 Å². The zero-order valence-electron chi connectivity index (χ0n) is 13.8. The van der Waals surface area contributed by atoms with Gasteiger partial charge in [0.05, 0.1) is 20.8 Å². The molecular formula is C18H17FN2O2S2.